The minimum absolute atomic E-state index is 0. The van der Waals surface area contributed by atoms with Crippen molar-refractivity contribution in [3.8, 4) is 11.5 Å². The minimum atomic E-state index is -0.00856. The fraction of sp³-hybridized carbons (Fsp3) is 0.500. The van der Waals surface area contributed by atoms with Gasteiger partial charge < -0.3 is 15.6 Å². The van der Waals surface area contributed by atoms with E-state index in [1.54, 1.807) is 6.07 Å². The summed E-state index contributed by atoms with van der Waals surface area (Å²) in [6.45, 7) is 2.14. The van der Waals surface area contributed by atoms with Crippen LogP contribution in [0.1, 0.15) is 37.8 Å². The number of nitrogens with two attached hydrogens (primary N) is 1. The molecule has 0 heterocycles. The molecule has 1 rings (SSSR count). The smallest absolute Gasteiger partial charge is 0.172 e. The van der Waals surface area contributed by atoms with Crippen LogP contribution in [0.3, 0.4) is 0 Å². The fourth-order valence-electron chi connectivity index (χ4n) is 1.55. The number of ether oxygens (including phenoxy) is 1. The maximum Gasteiger partial charge on any atom is 0.172 e. The van der Waals surface area contributed by atoms with Gasteiger partial charge in [0.25, 0.3) is 0 Å². The van der Waals surface area contributed by atoms with Gasteiger partial charge in [0, 0.05) is 6.04 Å². The largest absolute Gasteiger partial charge is 0.503 e. The normalized spacial score (nSPS) is 11.8. The Morgan fingerprint density at radius 3 is 2.65 bits per heavy atom. The third kappa shape index (κ3) is 4.37. The van der Waals surface area contributed by atoms with Crippen molar-refractivity contribution in [2.45, 2.75) is 32.2 Å². The third-order valence-electron chi connectivity index (χ3n) is 2.57. The number of unbranched alkanes of at least 4 members (excludes halogenated alkanes) is 1. The molecular weight excluding hydrogens is 305 g/mol. The molecule has 0 fully saturated rings. The van der Waals surface area contributed by atoms with Crippen LogP contribution in [0.15, 0.2) is 16.6 Å². The number of aromatic hydroxyl groups is 1. The van der Waals surface area contributed by atoms with Crippen LogP contribution in [0.25, 0.3) is 0 Å². The number of methoxy groups -OCH3 is 1. The van der Waals surface area contributed by atoms with E-state index >= 15 is 0 Å². The van der Waals surface area contributed by atoms with E-state index in [0.29, 0.717) is 10.2 Å². The van der Waals surface area contributed by atoms with E-state index in [4.69, 9.17) is 10.5 Å². The number of benzene rings is 1. The summed E-state index contributed by atoms with van der Waals surface area (Å²) in [5, 5.41) is 9.67. The van der Waals surface area contributed by atoms with Crippen LogP contribution >= 0.6 is 28.3 Å². The van der Waals surface area contributed by atoms with Gasteiger partial charge in [-0.1, -0.05) is 19.8 Å². The first-order valence-electron chi connectivity index (χ1n) is 5.42. The molecule has 0 spiro atoms. The SMILES string of the molecule is CCCC[C@H](N)c1cc(Br)c(O)c(OC)c1.Cl. The molecule has 0 saturated heterocycles. The summed E-state index contributed by atoms with van der Waals surface area (Å²) >= 11 is 3.29. The Bertz CT molecular complexity index is 361. The predicted molar refractivity (Wildman–Crippen MR) is 76.1 cm³/mol. The lowest BCUT2D eigenvalue weighted by molar-refractivity contribution is 0.370. The maximum atomic E-state index is 9.67. The number of hydrogen-bond acceptors (Lipinski definition) is 3. The highest BCUT2D eigenvalue weighted by Gasteiger charge is 2.12. The lowest BCUT2D eigenvalue weighted by Gasteiger charge is -2.14. The zero-order valence-electron chi connectivity index (χ0n) is 10.1. The van der Waals surface area contributed by atoms with Crippen molar-refractivity contribution in [3.63, 3.8) is 0 Å². The highest BCUT2D eigenvalue weighted by molar-refractivity contribution is 9.10. The van der Waals surface area contributed by atoms with Crippen LogP contribution in [-0.2, 0) is 0 Å². The van der Waals surface area contributed by atoms with Crippen LogP contribution in [0.5, 0.6) is 11.5 Å². The van der Waals surface area contributed by atoms with Gasteiger partial charge in [0.1, 0.15) is 0 Å². The number of phenolic OH excluding ortho intramolecular Hbond substituents is 1. The number of rotatable bonds is 5. The number of hydrogen-bond donors (Lipinski definition) is 2. The van der Waals surface area contributed by atoms with E-state index in [1.807, 2.05) is 6.07 Å². The third-order valence-corrected chi connectivity index (χ3v) is 3.17. The molecule has 1 aromatic carbocycles. The van der Waals surface area contributed by atoms with Gasteiger partial charge >= 0.3 is 0 Å². The molecule has 3 N–H and O–H groups in total. The lowest BCUT2D eigenvalue weighted by atomic mass is 10.0. The van der Waals surface area contributed by atoms with Crippen molar-refractivity contribution in [1.29, 1.82) is 0 Å². The molecule has 0 unspecified atom stereocenters. The molecule has 0 saturated carbocycles. The van der Waals surface area contributed by atoms with Gasteiger partial charge in [-0.2, -0.15) is 0 Å². The van der Waals surface area contributed by atoms with Gasteiger partial charge in [0.05, 0.1) is 11.6 Å². The predicted octanol–water partition coefficient (Wildman–Crippen LogP) is 3.78. The van der Waals surface area contributed by atoms with Gasteiger partial charge in [-0.05, 0) is 40.0 Å². The van der Waals surface area contributed by atoms with Gasteiger partial charge in [-0.25, -0.2) is 0 Å². The fourth-order valence-corrected chi connectivity index (χ4v) is 2.01. The first-order valence-corrected chi connectivity index (χ1v) is 6.21. The Kier molecular flexibility index (Phi) is 7.59. The van der Waals surface area contributed by atoms with Crippen LogP contribution < -0.4 is 10.5 Å². The summed E-state index contributed by atoms with van der Waals surface area (Å²) in [4.78, 5) is 0. The standard InChI is InChI=1S/C12H18BrNO2.ClH/c1-3-4-5-10(14)8-6-9(13)12(15)11(7-8)16-2;/h6-7,10,15H,3-5,14H2,1-2H3;1H/t10-;/m0./s1. The monoisotopic (exact) mass is 323 g/mol. The molecule has 0 aliphatic carbocycles. The molecule has 0 bridgehead atoms. The van der Waals surface area contributed by atoms with Gasteiger partial charge in [0.15, 0.2) is 11.5 Å². The highest BCUT2D eigenvalue weighted by atomic mass is 79.9. The summed E-state index contributed by atoms with van der Waals surface area (Å²) in [5.41, 5.74) is 7.05. The van der Waals surface area contributed by atoms with E-state index in [1.165, 1.54) is 7.11 Å². The Morgan fingerprint density at radius 2 is 2.12 bits per heavy atom. The number of halogens is 2. The molecule has 5 heteroatoms. The Labute approximate surface area is 117 Å². The van der Waals surface area contributed by atoms with Gasteiger partial charge in [-0.15, -0.1) is 12.4 Å². The molecule has 0 aromatic heterocycles. The molecular formula is C12H19BrClNO2. The summed E-state index contributed by atoms with van der Waals surface area (Å²) in [7, 11) is 1.53. The summed E-state index contributed by atoms with van der Waals surface area (Å²) in [5.74, 6) is 0.574. The van der Waals surface area contributed by atoms with Crippen LogP contribution in [-0.4, -0.2) is 12.2 Å². The molecule has 1 atom stereocenters. The average molecular weight is 325 g/mol. The second-order valence-corrected chi connectivity index (χ2v) is 4.66. The average Bonchev–Trinajstić information content (AvgIpc) is 2.29. The molecule has 98 valence electrons. The highest BCUT2D eigenvalue weighted by Crippen LogP contribution is 2.37. The van der Waals surface area contributed by atoms with Crippen LogP contribution in [0.2, 0.25) is 0 Å². The van der Waals surface area contributed by atoms with Crippen LogP contribution in [0.4, 0.5) is 0 Å². The quantitative estimate of drug-likeness (QED) is 0.866. The molecule has 0 aliphatic rings. The molecule has 17 heavy (non-hydrogen) atoms. The molecule has 3 nitrogen and oxygen atoms in total. The summed E-state index contributed by atoms with van der Waals surface area (Å²) in [6.07, 6.45) is 3.17. The van der Waals surface area contributed by atoms with E-state index < -0.39 is 0 Å². The lowest BCUT2D eigenvalue weighted by Crippen LogP contribution is -2.10. The van der Waals surface area contributed by atoms with E-state index in [-0.39, 0.29) is 24.2 Å². The van der Waals surface area contributed by atoms with Crippen molar-refractivity contribution >= 4 is 28.3 Å². The van der Waals surface area contributed by atoms with E-state index in [9.17, 15) is 5.11 Å². The summed E-state index contributed by atoms with van der Waals surface area (Å²) in [6, 6.07) is 3.63. The molecule has 0 amide bonds. The topological polar surface area (TPSA) is 55.5 Å². The zero-order chi connectivity index (χ0) is 12.1. The van der Waals surface area contributed by atoms with Crippen LogP contribution in [0, 0.1) is 0 Å². The molecule has 0 radical (unpaired) electrons. The molecule has 0 aliphatic heterocycles. The Hall–Kier alpha value is -0.450. The molecule has 1 aromatic rings. The van der Waals surface area contributed by atoms with Crippen molar-refractivity contribution in [1.82, 2.24) is 0 Å². The van der Waals surface area contributed by atoms with Gasteiger partial charge in [-0.3, -0.25) is 0 Å². The second-order valence-electron chi connectivity index (χ2n) is 3.80. The van der Waals surface area contributed by atoms with Crippen molar-refractivity contribution in [2.75, 3.05) is 7.11 Å². The first kappa shape index (κ1) is 16.6. The van der Waals surface area contributed by atoms with Crippen molar-refractivity contribution < 1.29 is 9.84 Å². The maximum absolute atomic E-state index is 9.67. The zero-order valence-corrected chi connectivity index (χ0v) is 12.5. The first-order chi connectivity index (χ1) is 7.60. The van der Waals surface area contributed by atoms with E-state index in [0.717, 1.165) is 24.8 Å². The van der Waals surface area contributed by atoms with Crippen molar-refractivity contribution in [3.05, 3.63) is 22.2 Å². The van der Waals surface area contributed by atoms with Gasteiger partial charge in [0.2, 0.25) is 0 Å². The Morgan fingerprint density at radius 1 is 1.47 bits per heavy atom. The van der Waals surface area contributed by atoms with Crippen molar-refractivity contribution in [2.24, 2.45) is 5.73 Å². The van der Waals surface area contributed by atoms with E-state index in [2.05, 4.69) is 22.9 Å². The Balaban J connectivity index is 0.00000256. The number of phenols is 1. The minimum Gasteiger partial charge on any atom is -0.503 e. The second kappa shape index (κ2) is 7.80. The summed E-state index contributed by atoms with van der Waals surface area (Å²) < 4.78 is 5.70.